The van der Waals surface area contributed by atoms with E-state index in [1.807, 2.05) is 0 Å². The first kappa shape index (κ1) is 15.8. The molecule has 0 aromatic heterocycles. The lowest BCUT2D eigenvalue weighted by molar-refractivity contribution is -0.131. The van der Waals surface area contributed by atoms with Gasteiger partial charge >= 0.3 is 0 Å². The van der Waals surface area contributed by atoms with Crippen LogP contribution >= 0.6 is 0 Å². The number of rotatable bonds is 1. The van der Waals surface area contributed by atoms with Gasteiger partial charge in [-0.2, -0.15) is 0 Å². The SMILES string of the molecule is C=C1CCCC2(CC1)CCC(C)=C(C1CCCCC1)NC2=O. The quantitative estimate of drug-likeness (QED) is 0.658. The molecule has 1 atom stereocenters. The summed E-state index contributed by atoms with van der Waals surface area (Å²) >= 11 is 0. The molecular weight excluding hydrogens is 270 g/mol. The molecule has 1 N–H and O–H groups in total. The van der Waals surface area contributed by atoms with Crippen molar-refractivity contribution in [2.24, 2.45) is 11.3 Å². The van der Waals surface area contributed by atoms with E-state index in [9.17, 15) is 4.79 Å². The Bertz CT molecular complexity index is 484. The van der Waals surface area contributed by atoms with E-state index in [1.54, 1.807) is 0 Å². The van der Waals surface area contributed by atoms with Gasteiger partial charge in [0, 0.05) is 5.70 Å². The minimum atomic E-state index is -0.128. The molecule has 0 radical (unpaired) electrons. The number of carbonyl (C=O) groups is 1. The highest BCUT2D eigenvalue weighted by atomic mass is 16.2. The van der Waals surface area contributed by atoms with Crippen LogP contribution in [0.5, 0.6) is 0 Å². The average Bonchev–Trinajstić information content (AvgIpc) is 2.79. The Morgan fingerprint density at radius 3 is 2.50 bits per heavy atom. The van der Waals surface area contributed by atoms with Gasteiger partial charge in [0.1, 0.15) is 0 Å². The highest BCUT2D eigenvalue weighted by Crippen LogP contribution is 2.44. The Morgan fingerprint density at radius 2 is 1.73 bits per heavy atom. The number of amides is 1. The number of allylic oxidation sites excluding steroid dienone is 3. The average molecular weight is 301 g/mol. The molecular formula is C20H31NO. The fourth-order valence-electron chi connectivity index (χ4n) is 4.70. The van der Waals surface area contributed by atoms with Crippen LogP contribution in [0.3, 0.4) is 0 Å². The number of hydrogen-bond acceptors (Lipinski definition) is 1. The molecule has 2 saturated carbocycles. The maximum atomic E-state index is 13.1. The summed E-state index contributed by atoms with van der Waals surface area (Å²) < 4.78 is 0. The molecule has 0 aromatic rings. The van der Waals surface area contributed by atoms with Gasteiger partial charge in [-0.25, -0.2) is 0 Å². The van der Waals surface area contributed by atoms with Crippen LogP contribution in [0.2, 0.25) is 0 Å². The predicted octanol–water partition coefficient (Wildman–Crippen LogP) is 5.26. The molecule has 3 rings (SSSR count). The third-order valence-electron chi connectivity index (χ3n) is 6.32. The van der Waals surface area contributed by atoms with Crippen molar-refractivity contribution in [2.75, 3.05) is 0 Å². The second-order valence-electron chi connectivity index (χ2n) is 7.87. The Balaban J connectivity index is 1.78. The minimum absolute atomic E-state index is 0.128. The van der Waals surface area contributed by atoms with Gasteiger partial charge in [-0.05, 0) is 70.6 Å². The van der Waals surface area contributed by atoms with Crippen molar-refractivity contribution in [3.63, 3.8) is 0 Å². The first-order chi connectivity index (χ1) is 10.6. The van der Waals surface area contributed by atoms with Gasteiger partial charge in [0.25, 0.3) is 0 Å². The van der Waals surface area contributed by atoms with E-state index >= 15 is 0 Å². The molecule has 2 nitrogen and oxygen atoms in total. The maximum absolute atomic E-state index is 13.1. The zero-order chi connectivity index (χ0) is 15.6. The maximum Gasteiger partial charge on any atom is 0.230 e. The normalized spacial score (nSPS) is 31.9. The Hall–Kier alpha value is -1.05. The Labute approximate surface area is 135 Å². The van der Waals surface area contributed by atoms with Crippen LogP contribution in [0.25, 0.3) is 0 Å². The zero-order valence-electron chi connectivity index (χ0n) is 14.2. The summed E-state index contributed by atoms with van der Waals surface area (Å²) in [7, 11) is 0. The number of hydrogen-bond donors (Lipinski definition) is 1. The molecule has 2 aliphatic carbocycles. The van der Waals surface area contributed by atoms with E-state index in [-0.39, 0.29) is 5.41 Å². The molecule has 0 saturated heterocycles. The molecule has 1 amide bonds. The number of nitrogens with one attached hydrogen (secondary N) is 1. The lowest BCUT2D eigenvalue weighted by Crippen LogP contribution is -2.40. The first-order valence-electron chi connectivity index (χ1n) is 9.28. The van der Waals surface area contributed by atoms with Gasteiger partial charge < -0.3 is 5.32 Å². The van der Waals surface area contributed by atoms with Gasteiger partial charge in [0.2, 0.25) is 5.91 Å². The second kappa shape index (κ2) is 6.60. The van der Waals surface area contributed by atoms with Crippen LogP contribution in [-0.4, -0.2) is 5.91 Å². The zero-order valence-corrected chi connectivity index (χ0v) is 14.2. The van der Waals surface area contributed by atoms with Gasteiger partial charge in [-0.1, -0.05) is 37.0 Å². The van der Waals surface area contributed by atoms with Crippen molar-refractivity contribution < 1.29 is 4.79 Å². The predicted molar refractivity (Wildman–Crippen MR) is 91.3 cm³/mol. The summed E-state index contributed by atoms with van der Waals surface area (Å²) in [5.74, 6) is 0.924. The van der Waals surface area contributed by atoms with Crippen molar-refractivity contribution in [1.82, 2.24) is 5.32 Å². The molecule has 22 heavy (non-hydrogen) atoms. The van der Waals surface area contributed by atoms with Crippen LogP contribution in [0.1, 0.15) is 84.0 Å². The lowest BCUT2D eigenvalue weighted by Gasteiger charge is -2.31. The highest BCUT2D eigenvalue weighted by molar-refractivity contribution is 5.85. The van der Waals surface area contributed by atoms with Crippen LogP contribution in [0.4, 0.5) is 0 Å². The van der Waals surface area contributed by atoms with Crippen molar-refractivity contribution >= 4 is 5.91 Å². The highest BCUT2D eigenvalue weighted by Gasteiger charge is 2.41. The summed E-state index contributed by atoms with van der Waals surface area (Å²) in [6, 6.07) is 0. The fraction of sp³-hybridized carbons (Fsp3) is 0.750. The molecule has 1 heterocycles. The summed E-state index contributed by atoms with van der Waals surface area (Å²) in [6.45, 7) is 6.41. The van der Waals surface area contributed by atoms with E-state index in [0.717, 1.165) is 44.9 Å². The standard InChI is InChI=1S/C20H31NO/c1-15-7-6-12-20(13-10-15)14-11-16(2)18(21-19(20)22)17-8-4-3-5-9-17/h17H,1,3-14H2,2H3,(H,21,22). The molecule has 122 valence electrons. The van der Waals surface area contributed by atoms with Crippen molar-refractivity contribution in [3.05, 3.63) is 23.4 Å². The molecule has 0 bridgehead atoms. The lowest BCUT2D eigenvalue weighted by atomic mass is 9.75. The third kappa shape index (κ3) is 3.16. The van der Waals surface area contributed by atoms with E-state index in [4.69, 9.17) is 0 Å². The summed E-state index contributed by atoms with van der Waals surface area (Å²) in [4.78, 5) is 13.1. The number of carbonyl (C=O) groups excluding carboxylic acids is 1. The second-order valence-corrected chi connectivity index (χ2v) is 7.87. The minimum Gasteiger partial charge on any atom is -0.329 e. The molecule has 1 aliphatic heterocycles. The molecule has 1 unspecified atom stereocenters. The van der Waals surface area contributed by atoms with E-state index in [0.29, 0.717) is 11.8 Å². The van der Waals surface area contributed by atoms with E-state index in [2.05, 4.69) is 18.8 Å². The van der Waals surface area contributed by atoms with Gasteiger partial charge in [-0.15, -0.1) is 0 Å². The van der Waals surface area contributed by atoms with Crippen molar-refractivity contribution in [1.29, 1.82) is 0 Å². The first-order valence-corrected chi connectivity index (χ1v) is 9.28. The summed E-state index contributed by atoms with van der Waals surface area (Å²) in [5.41, 5.74) is 3.95. The van der Waals surface area contributed by atoms with Crippen LogP contribution in [0.15, 0.2) is 23.4 Å². The Morgan fingerprint density at radius 1 is 1.00 bits per heavy atom. The molecule has 1 spiro atoms. The van der Waals surface area contributed by atoms with Crippen molar-refractivity contribution in [3.8, 4) is 0 Å². The summed E-state index contributed by atoms with van der Waals surface area (Å²) in [6.07, 6.45) is 14.0. The molecule has 2 fully saturated rings. The van der Waals surface area contributed by atoms with E-state index in [1.165, 1.54) is 48.9 Å². The fourth-order valence-corrected chi connectivity index (χ4v) is 4.70. The monoisotopic (exact) mass is 301 g/mol. The molecule has 2 heteroatoms. The topological polar surface area (TPSA) is 29.1 Å². The largest absolute Gasteiger partial charge is 0.329 e. The van der Waals surface area contributed by atoms with Gasteiger partial charge in [0.15, 0.2) is 0 Å². The van der Waals surface area contributed by atoms with Crippen LogP contribution < -0.4 is 5.32 Å². The van der Waals surface area contributed by atoms with Gasteiger partial charge in [0.05, 0.1) is 5.41 Å². The molecule has 3 aliphatic rings. The van der Waals surface area contributed by atoms with Crippen molar-refractivity contribution in [2.45, 2.75) is 84.0 Å². The molecule has 0 aromatic carbocycles. The van der Waals surface area contributed by atoms with Crippen LogP contribution in [-0.2, 0) is 4.79 Å². The van der Waals surface area contributed by atoms with E-state index < -0.39 is 0 Å². The third-order valence-corrected chi connectivity index (χ3v) is 6.32. The van der Waals surface area contributed by atoms with Gasteiger partial charge in [-0.3, -0.25) is 4.79 Å². The smallest absolute Gasteiger partial charge is 0.230 e. The Kier molecular flexibility index (Phi) is 4.75. The summed E-state index contributed by atoms with van der Waals surface area (Å²) in [5, 5.41) is 3.41. The van der Waals surface area contributed by atoms with Crippen LogP contribution in [0, 0.1) is 11.3 Å².